The van der Waals surface area contributed by atoms with Crippen LogP contribution < -0.4 is 29.1 Å². The molecule has 0 saturated heterocycles. The highest BCUT2D eigenvalue weighted by Gasteiger charge is 2.27. The van der Waals surface area contributed by atoms with Crippen LogP contribution in [-0.2, 0) is 0 Å². The van der Waals surface area contributed by atoms with Crippen molar-refractivity contribution in [1.29, 1.82) is 0 Å². The van der Waals surface area contributed by atoms with Crippen LogP contribution in [0.15, 0.2) is 423 Å². The fourth-order valence-corrected chi connectivity index (χ4v) is 22.1. The first-order valence-electron chi connectivity index (χ1n) is 42.1. The summed E-state index contributed by atoms with van der Waals surface area (Å²) in [7, 11) is 3.41. The lowest BCUT2D eigenvalue weighted by Gasteiger charge is -2.28. The smallest absolute Gasteiger partial charge is 0.143 e. The van der Waals surface area contributed by atoms with Gasteiger partial charge in [-0.15, -0.1) is 34.0 Å². The number of ether oxygens (including phenoxy) is 2. The summed E-state index contributed by atoms with van der Waals surface area (Å²) in [6.07, 6.45) is 0. The van der Waals surface area contributed by atoms with E-state index in [2.05, 4.69) is 421 Å². The first-order chi connectivity index (χ1) is 61.8. The molecule has 0 aliphatic heterocycles. The van der Waals surface area contributed by atoms with Gasteiger partial charge in [-0.25, -0.2) is 0 Å². The zero-order valence-corrected chi connectivity index (χ0v) is 71.0. The summed E-state index contributed by atoms with van der Waals surface area (Å²) < 4.78 is 25.5. The second-order valence-corrected chi connectivity index (χ2v) is 35.0. The van der Waals surface area contributed by atoms with E-state index in [4.69, 9.17) is 13.9 Å². The van der Waals surface area contributed by atoms with E-state index in [1.807, 2.05) is 58.3 Å². The summed E-state index contributed by atoms with van der Waals surface area (Å²) >= 11 is 5.56. The molecule has 0 amide bonds. The van der Waals surface area contributed by atoms with E-state index in [0.717, 1.165) is 107 Å². The predicted octanol–water partition coefficient (Wildman–Crippen LogP) is 34.5. The van der Waals surface area contributed by atoms with Gasteiger partial charge >= 0.3 is 0 Å². The Balaban J connectivity index is 0.000000144. The normalized spacial score (nSPS) is 11.6. The zero-order valence-electron chi connectivity index (χ0n) is 68.6. The molecule has 7 nitrogen and oxygen atoms in total. The number of hydrogen-bond donors (Lipinski definition) is 0. The maximum atomic E-state index is 6.78. The lowest BCUT2D eigenvalue weighted by Crippen LogP contribution is -2.10. The fourth-order valence-electron chi connectivity index (χ4n) is 18.7. The lowest BCUT2D eigenvalue weighted by molar-refractivity contribution is 0.415. The summed E-state index contributed by atoms with van der Waals surface area (Å²) in [6, 6.07) is 151. The largest absolute Gasteiger partial charge is 0.497 e. The topological polar surface area (TPSA) is 44.6 Å². The average molecular weight is 1660 g/mol. The van der Waals surface area contributed by atoms with Crippen molar-refractivity contribution in [3.05, 3.63) is 424 Å². The summed E-state index contributed by atoms with van der Waals surface area (Å²) in [4.78, 5) is 9.57. The molecule has 0 unspecified atom stereocenters. The molecule has 0 bridgehead atoms. The standard InChI is InChI=1S/C58H40N2O2S2.C57H38N2OS/c1-61-43-29-24-40(25-30-43)59(41-26-31-44(62-2)32-27-41)51-35-55-57(48-17-8-6-14-45(48)51)58-49-18-9-7-15-46(49)52(36-56(58)64-55)60(39-22-20-38(21-23-39)37-12-4-3-5-13-37)42-28-33-54-50(34-42)47-16-10-11-19-53(47)63-54;1-37-13-12-19-41(33-37)58(40-17-6-3-7-18-40)43-25-29-50-51-30-26-44(36-56(51)61-55(50)35-43)59(53-32-31-45(38-14-4-2-5-15-38)47-21-10-11-22-48(47)53)42-24-28-49-52-27-23-39-16-8-9-20-46(39)57(52)60-54(49)34-42/h3-36H,1-2H3;2-36H,1H3. The van der Waals surface area contributed by atoms with Gasteiger partial charge in [0, 0.05) is 150 Å². The van der Waals surface area contributed by atoms with Crippen LogP contribution in [0.1, 0.15) is 5.56 Å². The second kappa shape index (κ2) is 31.3. The Hall–Kier alpha value is -15.3. The van der Waals surface area contributed by atoms with Crippen LogP contribution >= 0.6 is 34.0 Å². The lowest BCUT2D eigenvalue weighted by atomic mass is 9.96. The summed E-state index contributed by atoms with van der Waals surface area (Å²) in [5.41, 5.74) is 21.0. The molecule has 0 atom stereocenters. The highest BCUT2D eigenvalue weighted by molar-refractivity contribution is 7.27. The van der Waals surface area contributed by atoms with Crippen molar-refractivity contribution in [3.8, 4) is 33.8 Å². The van der Waals surface area contributed by atoms with E-state index in [0.29, 0.717) is 0 Å². The van der Waals surface area contributed by atoms with Crippen molar-refractivity contribution in [2.45, 2.75) is 6.92 Å². The first kappa shape index (κ1) is 74.7. The fraction of sp³-hybridized carbons (Fsp3) is 0.0261. The molecule has 0 spiro atoms. The molecule has 0 N–H and O–H groups in total. The highest BCUT2D eigenvalue weighted by atomic mass is 32.1. The molecule has 0 aliphatic carbocycles. The summed E-state index contributed by atoms with van der Waals surface area (Å²) in [5, 5.41) is 19.4. The van der Waals surface area contributed by atoms with E-state index >= 15 is 0 Å². The Labute approximate surface area is 734 Å². The van der Waals surface area contributed by atoms with E-state index in [-0.39, 0.29) is 0 Å². The average Bonchev–Trinajstić information content (AvgIpc) is 1.58. The Morgan fingerprint density at radius 2 is 0.632 bits per heavy atom. The third-order valence-corrected chi connectivity index (χ3v) is 27.9. The van der Waals surface area contributed by atoms with Gasteiger partial charge in [0.15, 0.2) is 0 Å². The minimum absolute atomic E-state index is 0.815. The van der Waals surface area contributed by atoms with Gasteiger partial charge in [-0.05, 0) is 226 Å². The highest BCUT2D eigenvalue weighted by Crippen LogP contribution is 2.54. The molecule has 24 rings (SSSR count). The molecule has 24 aromatic rings. The molecule has 20 aromatic carbocycles. The summed E-state index contributed by atoms with van der Waals surface area (Å²) in [5.74, 6) is 1.63. The molecule has 594 valence electrons. The maximum Gasteiger partial charge on any atom is 0.143 e. The van der Waals surface area contributed by atoms with Crippen molar-refractivity contribution in [1.82, 2.24) is 0 Å². The van der Waals surface area contributed by atoms with Gasteiger partial charge in [0.1, 0.15) is 22.7 Å². The van der Waals surface area contributed by atoms with E-state index in [9.17, 15) is 0 Å². The van der Waals surface area contributed by atoms with Gasteiger partial charge in [0.2, 0.25) is 0 Å². The van der Waals surface area contributed by atoms with Crippen LogP contribution in [-0.4, -0.2) is 14.2 Å². The number of hydrogen-bond acceptors (Lipinski definition) is 10. The Morgan fingerprint density at radius 1 is 0.224 bits per heavy atom. The monoisotopic (exact) mass is 1660 g/mol. The molecule has 0 radical (unpaired) electrons. The molecule has 0 fully saturated rings. The number of furan rings is 1. The van der Waals surface area contributed by atoms with Gasteiger partial charge in [-0.3, -0.25) is 0 Å². The quantitative estimate of drug-likeness (QED) is 0.0955. The van der Waals surface area contributed by atoms with Crippen LogP contribution in [0.5, 0.6) is 11.5 Å². The van der Waals surface area contributed by atoms with Crippen molar-refractivity contribution in [3.63, 3.8) is 0 Å². The Bertz CT molecular complexity index is 8240. The van der Waals surface area contributed by atoms with E-state index < -0.39 is 0 Å². The molecular formula is C115H78N4O3S3. The van der Waals surface area contributed by atoms with Crippen molar-refractivity contribution < 1.29 is 13.9 Å². The van der Waals surface area contributed by atoms with Gasteiger partial charge in [0.05, 0.1) is 31.3 Å². The zero-order chi connectivity index (χ0) is 83.2. The molecule has 4 aromatic heterocycles. The van der Waals surface area contributed by atoms with E-state index in [1.165, 1.54) is 126 Å². The second-order valence-electron chi connectivity index (χ2n) is 31.8. The third-order valence-electron chi connectivity index (χ3n) is 24.5. The third kappa shape index (κ3) is 13.2. The van der Waals surface area contributed by atoms with Crippen LogP contribution in [0.25, 0.3) is 148 Å². The van der Waals surface area contributed by atoms with E-state index in [1.54, 1.807) is 14.2 Å². The van der Waals surface area contributed by atoms with Gasteiger partial charge in [-0.1, -0.05) is 243 Å². The van der Waals surface area contributed by atoms with Crippen LogP contribution in [0, 0.1) is 6.92 Å². The van der Waals surface area contributed by atoms with Crippen LogP contribution in [0.3, 0.4) is 0 Å². The SMILES string of the molecule is COc1ccc(N(c2ccc(OC)cc2)c2cc3sc4cc(N(c5ccc(-c6ccccc6)cc5)c5ccc6sc7ccccc7c6c5)c5ccccc5c4c3c3ccccc23)cc1.Cc1cccc(N(c2ccccc2)c2ccc3c(c2)sc2cc(N(c4ccc5c(c4)oc4c6ccccc6ccc54)c4ccc(-c5ccccc5)c5ccccc45)ccc23)c1. The van der Waals surface area contributed by atoms with Gasteiger partial charge in [0.25, 0.3) is 0 Å². The maximum absolute atomic E-state index is 6.78. The minimum atomic E-state index is 0.815. The number of aryl methyl sites for hydroxylation is 1. The molecule has 0 aliphatic rings. The number of anilines is 12. The molecule has 125 heavy (non-hydrogen) atoms. The van der Waals surface area contributed by atoms with Crippen LogP contribution in [0.2, 0.25) is 0 Å². The van der Waals surface area contributed by atoms with Crippen LogP contribution in [0.4, 0.5) is 68.2 Å². The molecule has 0 saturated carbocycles. The number of thiophene rings is 3. The van der Waals surface area contributed by atoms with Gasteiger partial charge < -0.3 is 33.5 Å². The summed E-state index contributed by atoms with van der Waals surface area (Å²) in [6.45, 7) is 2.15. The van der Waals surface area contributed by atoms with Gasteiger partial charge in [-0.2, -0.15) is 0 Å². The first-order valence-corrected chi connectivity index (χ1v) is 44.6. The number of para-hydroxylation sites is 1. The Kier molecular flexibility index (Phi) is 18.7. The number of fused-ring (bicyclic) bond motifs is 19. The Morgan fingerprint density at radius 3 is 1.25 bits per heavy atom. The number of methoxy groups -OCH3 is 2. The molecule has 4 heterocycles. The van der Waals surface area contributed by atoms with Crippen molar-refractivity contribution in [2.24, 2.45) is 0 Å². The minimum Gasteiger partial charge on any atom is -0.497 e. The molecule has 10 heteroatoms. The number of rotatable bonds is 16. The number of nitrogens with zero attached hydrogens (tertiary/aromatic N) is 4. The predicted molar refractivity (Wildman–Crippen MR) is 536 cm³/mol. The van der Waals surface area contributed by atoms with Crippen molar-refractivity contribution >= 4 is 228 Å². The van der Waals surface area contributed by atoms with Crippen molar-refractivity contribution in [2.75, 3.05) is 33.8 Å². The number of benzene rings is 20. The molecular weight excluding hydrogens is 1580 g/mol.